The molecule has 18 heavy (non-hydrogen) atoms. The van der Waals surface area contributed by atoms with Crippen molar-refractivity contribution in [2.75, 3.05) is 14.1 Å². The Morgan fingerprint density at radius 1 is 0.667 bits per heavy atom. The SMILES string of the molecule is CCCCCCCCCCCCCC(C)[NH+](C)C. The molecule has 1 nitrogen and oxygen atoms in total. The molecule has 0 aliphatic rings. The highest BCUT2D eigenvalue weighted by Gasteiger charge is 2.06. The molecule has 0 radical (unpaired) electrons. The molecule has 0 heterocycles. The van der Waals surface area contributed by atoms with E-state index in [4.69, 9.17) is 0 Å². The van der Waals surface area contributed by atoms with Crippen LogP contribution in [0.2, 0.25) is 0 Å². The Hall–Kier alpha value is -0.0400. The molecular weight excluding hydrogens is 218 g/mol. The summed E-state index contributed by atoms with van der Waals surface area (Å²) < 4.78 is 0. The van der Waals surface area contributed by atoms with E-state index in [0.29, 0.717) is 0 Å². The number of quaternary nitrogens is 1. The van der Waals surface area contributed by atoms with Crippen molar-refractivity contribution in [3.8, 4) is 0 Å². The van der Waals surface area contributed by atoms with Crippen molar-refractivity contribution >= 4 is 0 Å². The molecule has 0 fully saturated rings. The van der Waals surface area contributed by atoms with Crippen LogP contribution >= 0.6 is 0 Å². The first-order valence-electron chi connectivity index (χ1n) is 8.48. The minimum atomic E-state index is 0.837. The van der Waals surface area contributed by atoms with Gasteiger partial charge in [-0.25, -0.2) is 0 Å². The van der Waals surface area contributed by atoms with Crippen molar-refractivity contribution in [3.63, 3.8) is 0 Å². The van der Waals surface area contributed by atoms with Crippen LogP contribution in [0.1, 0.15) is 90.9 Å². The summed E-state index contributed by atoms with van der Waals surface area (Å²) in [7, 11) is 4.53. The first-order chi connectivity index (χ1) is 8.68. The number of unbranched alkanes of at least 4 members (excludes halogenated alkanes) is 10. The third-order valence-corrected chi connectivity index (χ3v) is 4.23. The van der Waals surface area contributed by atoms with Gasteiger partial charge in [-0.3, -0.25) is 0 Å². The third kappa shape index (κ3) is 12.4. The molecule has 0 rings (SSSR count). The van der Waals surface area contributed by atoms with E-state index in [1.54, 1.807) is 4.90 Å². The van der Waals surface area contributed by atoms with E-state index in [9.17, 15) is 0 Å². The molecule has 1 N–H and O–H groups in total. The predicted molar refractivity (Wildman–Crippen MR) is 83.4 cm³/mol. The van der Waals surface area contributed by atoms with Gasteiger partial charge < -0.3 is 4.90 Å². The average molecular weight is 256 g/mol. The van der Waals surface area contributed by atoms with Crippen LogP contribution in [-0.4, -0.2) is 20.1 Å². The molecule has 0 saturated heterocycles. The molecular formula is C17H38N+. The number of nitrogens with one attached hydrogen (secondary N) is 1. The Morgan fingerprint density at radius 2 is 1.06 bits per heavy atom. The highest BCUT2D eigenvalue weighted by molar-refractivity contribution is 4.51. The second-order valence-electron chi connectivity index (χ2n) is 6.30. The lowest BCUT2D eigenvalue weighted by atomic mass is 10.0. The molecule has 0 spiro atoms. The van der Waals surface area contributed by atoms with Crippen molar-refractivity contribution in [2.45, 2.75) is 96.9 Å². The van der Waals surface area contributed by atoms with Gasteiger partial charge in [-0.15, -0.1) is 0 Å². The Morgan fingerprint density at radius 3 is 1.44 bits per heavy atom. The average Bonchev–Trinajstić information content (AvgIpc) is 2.35. The Labute approximate surface area is 116 Å². The maximum Gasteiger partial charge on any atom is 0.0842 e. The summed E-state index contributed by atoms with van der Waals surface area (Å²) in [6.07, 6.45) is 17.4. The molecule has 0 bridgehead atoms. The zero-order valence-corrected chi connectivity index (χ0v) is 13.6. The molecule has 0 aromatic rings. The lowest BCUT2D eigenvalue weighted by Crippen LogP contribution is -3.09. The maximum absolute atomic E-state index is 2.37. The van der Waals surface area contributed by atoms with Crippen LogP contribution in [0.3, 0.4) is 0 Å². The van der Waals surface area contributed by atoms with Gasteiger partial charge in [0.1, 0.15) is 0 Å². The summed E-state index contributed by atoms with van der Waals surface area (Å²) in [5, 5.41) is 0. The molecule has 1 unspecified atom stereocenters. The summed E-state index contributed by atoms with van der Waals surface area (Å²) in [4.78, 5) is 1.60. The summed E-state index contributed by atoms with van der Waals surface area (Å²) in [5.41, 5.74) is 0. The van der Waals surface area contributed by atoms with Gasteiger partial charge >= 0.3 is 0 Å². The van der Waals surface area contributed by atoms with Crippen LogP contribution in [0.5, 0.6) is 0 Å². The van der Waals surface area contributed by atoms with Crippen LogP contribution < -0.4 is 4.90 Å². The Balaban J connectivity index is 3.03. The lowest BCUT2D eigenvalue weighted by molar-refractivity contribution is -0.883. The molecule has 0 aromatic carbocycles. The van der Waals surface area contributed by atoms with Crippen LogP contribution in [0.15, 0.2) is 0 Å². The third-order valence-electron chi connectivity index (χ3n) is 4.23. The van der Waals surface area contributed by atoms with Crippen LogP contribution in [0, 0.1) is 0 Å². The zero-order chi connectivity index (χ0) is 13.6. The highest BCUT2D eigenvalue weighted by Crippen LogP contribution is 2.12. The van der Waals surface area contributed by atoms with Crippen LogP contribution in [0.4, 0.5) is 0 Å². The first kappa shape index (κ1) is 18.0. The second-order valence-corrected chi connectivity index (χ2v) is 6.30. The van der Waals surface area contributed by atoms with E-state index in [1.165, 1.54) is 77.0 Å². The fourth-order valence-electron chi connectivity index (χ4n) is 2.40. The summed E-state index contributed by atoms with van der Waals surface area (Å²) in [6, 6.07) is 0.837. The fourth-order valence-corrected chi connectivity index (χ4v) is 2.40. The zero-order valence-electron chi connectivity index (χ0n) is 13.6. The van der Waals surface area contributed by atoms with E-state index in [1.807, 2.05) is 0 Å². The summed E-state index contributed by atoms with van der Waals surface area (Å²) >= 11 is 0. The maximum atomic E-state index is 2.37. The van der Waals surface area contributed by atoms with Crippen LogP contribution in [-0.2, 0) is 0 Å². The van der Waals surface area contributed by atoms with Gasteiger partial charge in [0.05, 0.1) is 20.1 Å². The summed E-state index contributed by atoms with van der Waals surface area (Å²) in [6.45, 7) is 4.66. The van der Waals surface area contributed by atoms with E-state index >= 15 is 0 Å². The largest absolute Gasteiger partial charge is 0.338 e. The second kappa shape index (κ2) is 13.4. The monoisotopic (exact) mass is 256 g/mol. The van der Waals surface area contributed by atoms with Crippen molar-refractivity contribution in [1.29, 1.82) is 0 Å². The molecule has 1 atom stereocenters. The van der Waals surface area contributed by atoms with Crippen molar-refractivity contribution in [3.05, 3.63) is 0 Å². The number of rotatable bonds is 13. The normalized spacial score (nSPS) is 13.2. The Bertz CT molecular complexity index is 154. The molecule has 0 aromatic heterocycles. The minimum Gasteiger partial charge on any atom is -0.338 e. The molecule has 0 aliphatic carbocycles. The van der Waals surface area contributed by atoms with E-state index in [0.717, 1.165) is 6.04 Å². The lowest BCUT2D eigenvalue weighted by Gasteiger charge is -2.16. The van der Waals surface area contributed by atoms with Crippen molar-refractivity contribution in [1.82, 2.24) is 0 Å². The van der Waals surface area contributed by atoms with E-state index in [2.05, 4.69) is 27.9 Å². The first-order valence-corrected chi connectivity index (χ1v) is 8.48. The van der Waals surface area contributed by atoms with E-state index < -0.39 is 0 Å². The van der Waals surface area contributed by atoms with Gasteiger partial charge in [0, 0.05) is 0 Å². The topological polar surface area (TPSA) is 4.44 Å². The molecule has 1 heteroatoms. The Kier molecular flexibility index (Phi) is 13.4. The van der Waals surface area contributed by atoms with Gasteiger partial charge in [-0.1, -0.05) is 71.1 Å². The highest BCUT2D eigenvalue weighted by atomic mass is 15.1. The standard InChI is InChI=1S/C17H37N/c1-5-6-7-8-9-10-11-12-13-14-15-16-17(2)18(3)4/h17H,5-16H2,1-4H3/p+1. The van der Waals surface area contributed by atoms with Gasteiger partial charge in [-0.05, 0) is 19.8 Å². The summed E-state index contributed by atoms with van der Waals surface area (Å²) in [5.74, 6) is 0. The predicted octanol–water partition coefficient (Wildman–Crippen LogP) is 4.22. The van der Waals surface area contributed by atoms with Gasteiger partial charge in [0.25, 0.3) is 0 Å². The van der Waals surface area contributed by atoms with E-state index in [-0.39, 0.29) is 0 Å². The van der Waals surface area contributed by atoms with Crippen molar-refractivity contribution < 1.29 is 4.90 Å². The van der Waals surface area contributed by atoms with Gasteiger partial charge in [0.15, 0.2) is 0 Å². The smallest absolute Gasteiger partial charge is 0.0842 e. The number of hydrogen-bond donors (Lipinski definition) is 1. The molecule has 0 saturated carbocycles. The number of hydrogen-bond acceptors (Lipinski definition) is 0. The van der Waals surface area contributed by atoms with Gasteiger partial charge in [-0.2, -0.15) is 0 Å². The quantitative estimate of drug-likeness (QED) is 0.471. The van der Waals surface area contributed by atoms with Crippen LogP contribution in [0.25, 0.3) is 0 Å². The molecule has 0 aliphatic heterocycles. The minimum absolute atomic E-state index is 0.837. The van der Waals surface area contributed by atoms with Gasteiger partial charge in [0.2, 0.25) is 0 Å². The molecule has 0 amide bonds. The molecule has 110 valence electrons. The fraction of sp³-hybridized carbons (Fsp3) is 1.00. The van der Waals surface area contributed by atoms with Crippen molar-refractivity contribution in [2.24, 2.45) is 0 Å².